The third-order valence-electron chi connectivity index (χ3n) is 4.45. The van der Waals surface area contributed by atoms with Gasteiger partial charge < -0.3 is 5.32 Å². The molecule has 0 saturated heterocycles. The van der Waals surface area contributed by atoms with Crippen LogP contribution in [0.1, 0.15) is 37.8 Å². The van der Waals surface area contributed by atoms with E-state index in [9.17, 15) is 4.79 Å². The van der Waals surface area contributed by atoms with Gasteiger partial charge in [-0.1, -0.05) is 51.0 Å². The lowest BCUT2D eigenvalue weighted by Gasteiger charge is -2.20. The number of nitrogens with one attached hydrogen (secondary N) is 1. The summed E-state index contributed by atoms with van der Waals surface area (Å²) in [6.45, 7) is 4.89. The normalized spacial score (nSPS) is 16.2. The van der Waals surface area contributed by atoms with Gasteiger partial charge >= 0.3 is 0 Å². The molecule has 3 heteroatoms. The van der Waals surface area contributed by atoms with E-state index in [0.29, 0.717) is 12.5 Å². The lowest BCUT2D eigenvalue weighted by atomic mass is 9.98. The predicted molar refractivity (Wildman–Crippen MR) is 84.1 cm³/mol. The SMILES string of the molecule is CCC(CC)C(Cl)CNC(=O)C1Cc2ccccc2C1. The van der Waals surface area contributed by atoms with Gasteiger partial charge in [-0.05, 0) is 29.9 Å². The van der Waals surface area contributed by atoms with Crippen LogP contribution in [0.15, 0.2) is 24.3 Å². The Labute approximate surface area is 126 Å². The van der Waals surface area contributed by atoms with Crippen LogP contribution in [0.4, 0.5) is 0 Å². The van der Waals surface area contributed by atoms with Crippen LogP contribution in [0.3, 0.4) is 0 Å². The van der Waals surface area contributed by atoms with E-state index in [0.717, 1.165) is 25.7 Å². The molecular weight excluding hydrogens is 270 g/mol. The quantitative estimate of drug-likeness (QED) is 0.798. The van der Waals surface area contributed by atoms with Crippen molar-refractivity contribution in [2.24, 2.45) is 11.8 Å². The molecular formula is C17H24ClNO. The van der Waals surface area contributed by atoms with Crippen molar-refractivity contribution in [1.29, 1.82) is 0 Å². The first-order chi connectivity index (χ1) is 9.65. The summed E-state index contributed by atoms with van der Waals surface area (Å²) in [5.41, 5.74) is 2.63. The summed E-state index contributed by atoms with van der Waals surface area (Å²) in [7, 11) is 0. The summed E-state index contributed by atoms with van der Waals surface area (Å²) in [6, 6.07) is 8.33. The molecule has 0 aliphatic heterocycles. The van der Waals surface area contributed by atoms with Gasteiger partial charge in [-0.25, -0.2) is 0 Å². The monoisotopic (exact) mass is 293 g/mol. The van der Waals surface area contributed by atoms with Gasteiger partial charge in [0.15, 0.2) is 0 Å². The number of benzene rings is 1. The Morgan fingerprint density at radius 1 is 1.25 bits per heavy atom. The van der Waals surface area contributed by atoms with E-state index >= 15 is 0 Å². The first kappa shape index (κ1) is 15.4. The highest BCUT2D eigenvalue weighted by Crippen LogP contribution is 2.26. The van der Waals surface area contributed by atoms with E-state index in [2.05, 4.69) is 31.3 Å². The van der Waals surface area contributed by atoms with Crippen molar-refractivity contribution in [3.05, 3.63) is 35.4 Å². The molecule has 1 aromatic carbocycles. The minimum atomic E-state index is 0.0396. The minimum absolute atomic E-state index is 0.0396. The molecule has 0 aromatic heterocycles. The van der Waals surface area contributed by atoms with Crippen molar-refractivity contribution in [3.63, 3.8) is 0 Å². The van der Waals surface area contributed by atoms with Crippen molar-refractivity contribution in [3.8, 4) is 0 Å². The van der Waals surface area contributed by atoms with Crippen molar-refractivity contribution >= 4 is 17.5 Å². The lowest BCUT2D eigenvalue weighted by molar-refractivity contribution is -0.124. The summed E-state index contributed by atoms with van der Waals surface area (Å²) in [4.78, 5) is 12.2. The zero-order chi connectivity index (χ0) is 14.5. The number of carbonyl (C=O) groups is 1. The highest BCUT2D eigenvalue weighted by atomic mass is 35.5. The molecule has 1 amide bonds. The number of alkyl halides is 1. The number of halogens is 1. The second-order valence-electron chi connectivity index (χ2n) is 5.71. The highest BCUT2D eigenvalue weighted by molar-refractivity contribution is 6.21. The molecule has 0 saturated carbocycles. The van der Waals surface area contributed by atoms with Crippen molar-refractivity contribution in [2.45, 2.75) is 44.9 Å². The molecule has 1 aliphatic carbocycles. The molecule has 1 aromatic rings. The molecule has 1 unspecified atom stereocenters. The Hall–Kier alpha value is -1.02. The summed E-state index contributed by atoms with van der Waals surface area (Å²) in [5, 5.41) is 3.08. The van der Waals surface area contributed by atoms with E-state index < -0.39 is 0 Å². The second-order valence-corrected chi connectivity index (χ2v) is 6.27. The van der Waals surface area contributed by atoms with Crippen LogP contribution in [0.5, 0.6) is 0 Å². The fraction of sp³-hybridized carbons (Fsp3) is 0.588. The van der Waals surface area contributed by atoms with Gasteiger partial charge in [0.1, 0.15) is 0 Å². The van der Waals surface area contributed by atoms with Crippen molar-refractivity contribution in [1.82, 2.24) is 5.32 Å². The van der Waals surface area contributed by atoms with E-state index in [1.807, 2.05) is 12.1 Å². The average Bonchev–Trinajstić information content (AvgIpc) is 2.90. The summed E-state index contributed by atoms with van der Waals surface area (Å²) in [5.74, 6) is 0.716. The number of hydrogen-bond acceptors (Lipinski definition) is 1. The van der Waals surface area contributed by atoms with E-state index in [4.69, 9.17) is 11.6 Å². The largest absolute Gasteiger partial charge is 0.354 e. The lowest BCUT2D eigenvalue weighted by Crippen LogP contribution is -2.37. The predicted octanol–water partition coefficient (Wildman–Crippen LogP) is 3.56. The van der Waals surface area contributed by atoms with Gasteiger partial charge in [-0.15, -0.1) is 11.6 Å². The van der Waals surface area contributed by atoms with Crippen LogP contribution in [-0.2, 0) is 17.6 Å². The number of amides is 1. The van der Waals surface area contributed by atoms with Gasteiger partial charge in [-0.2, -0.15) is 0 Å². The van der Waals surface area contributed by atoms with Crippen LogP contribution in [0.25, 0.3) is 0 Å². The third-order valence-corrected chi connectivity index (χ3v) is 4.96. The maximum absolute atomic E-state index is 12.2. The second kappa shape index (κ2) is 7.12. The van der Waals surface area contributed by atoms with Crippen LogP contribution >= 0.6 is 11.6 Å². The van der Waals surface area contributed by atoms with Gasteiger partial charge in [0.05, 0.1) is 5.38 Å². The van der Waals surface area contributed by atoms with Crippen molar-refractivity contribution < 1.29 is 4.79 Å². The van der Waals surface area contributed by atoms with Gasteiger partial charge in [0.25, 0.3) is 0 Å². The Balaban J connectivity index is 1.82. The number of fused-ring (bicyclic) bond motifs is 1. The topological polar surface area (TPSA) is 29.1 Å². The molecule has 20 heavy (non-hydrogen) atoms. The Morgan fingerprint density at radius 2 is 1.80 bits per heavy atom. The number of hydrogen-bond donors (Lipinski definition) is 1. The average molecular weight is 294 g/mol. The summed E-state index contributed by atoms with van der Waals surface area (Å²) < 4.78 is 0. The van der Waals surface area contributed by atoms with Gasteiger partial charge in [0.2, 0.25) is 5.91 Å². The third kappa shape index (κ3) is 3.54. The van der Waals surface area contributed by atoms with E-state index in [-0.39, 0.29) is 17.2 Å². The molecule has 1 aliphatic rings. The maximum Gasteiger partial charge on any atom is 0.223 e. The molecule has 0 bridgehead atoms. The number of rotatable bonds is 6. The van der Waals surface area contributed by atoms with Crippen LogP contribution in [0, 0.1) is 11.8 Å². The fourth-order valence-electron chi connectivity index (χ4n) is 3.05. The zero-order valence-electron chi connectivity index (χ0n) is 12.4. The standard InChI is InChI=1S/C17H24ClNO/c1-3-12(4-2)16(18)11-19-17(20)15-9-13-7-5-6-8-14(13)10-15/h5-8,12,15-16H,3-4,9-11H2,1-2H3,(H,19,20). The van der Waals surface area contributed by atoms with Gasteiger partial charge in [0, 0.05) is 12.5 Å². The minimum Gasteiger partial charge on any atom is -0.354 e. The summed E-state index contributed by atoms with van der Waals surface area (Å²) in [6.07, 6.45) is 3.85. The van der Waals surface area contributed by atoms with E-state index in [1.54, 1.807) is 0 Å². The first-order valence-electron chi connectivity index (χ1n) is 7.64. The smallest absolute Gasteiger partial charge is 0.223 e. The number of carbonyl (C=O) groups excluding carboxylic acids is 1. The molecule has 0 fully saturated rings. The molecule has 2 rings (SSSR count). The molecule has 1 atom stereocenters. The molecule has 0 spiro atoms. The Bertz CT molecular complexity index is 431. The van der Waals surface area contributed by atoms with Crippen LogP contribution in [0.2, 0.25) is 0 Å². The van der Waals surface area contributed by atoms with Crippen LogP contribution in [-0.4, -0.2) is 17.8 Å². The first-order valence-corrected chi connectivity index (χ1v) is 8.07. The van der Waals surface area contributed by atoms with Crippen molar-refractivity contribution in [2.75, 3.05) is 6.54 Å². The highest BCUT2D eigenvalue weighted by Gasteiger charge is 2.27. The fourth-order valence-corrected chi connectivity index (χ4v) is 3.49. The summed E-state index contributed by atoms with van der Waals surface area (Å²) >= 11 is 6.37. The maximum atomic E-state index is 12.2. The molecule has 110 valence electrons. The zero-order valence-corrected chi connectivity index (χ0v) is 13.1. The molecule has 0 radical (unpaired) electrons. The molecule has 1 N–H and O–H groups in total. The molecule has 0 heterocycles. The Morgan fingerprint density at radius 3 is 2.30 bits per heavy atom. The van der Waals surface area contributed by atoms with Gasteiger partial charge in [-0.3, -0.25) is 4.79 Å². The molecule has 2 nitrogen and oxygen atoms in total. The Kier molecular flexibility index (Phi) is 5.47. The van der Waals surface area contributed by atoms with E-state index in [1.165, 1.54) is 11.1 Å². The van der Waals surface area contributed by atoms with Crippen LogP contribution < -0.4 is 5.32 Å².